The van der Waals surface area contributed by atoms with Gasteiger partial charge in [0.15, 0.2) is 5.16 Å². The number of imide groups is 1. The fourth-order valence-corrected chi connectivity index (χ4v) is 4.51. The monoisotopic (exact) mass is 494 g/mol. The molecule has 0 saturated carbocycles. The predicted octanol–water partition coefficient (Wildman–Crippen LogP) is 2.76. The maximum Gasteiger partial charge on any atom is 0.321 e. The van der Waals surface area contributed by atoms with Gasteiger partial charge >= 0.3 is 6.03 Å². The van der Waals surface area contributed by atoms with Gasteiger partial charge in [0, 0.05) is 30.3 Å². The smallest absolute Gasteiger partial charge is 0.321 e. The molecule has 3 aromatic rings. The predicted molar refractivity (Wildman–Crippen MR) is 132 cm³/mol. The molecule has 10 nitrogen and oxygen atoms in total. The van der Waals surface area contributed by atoms with E-state index in [1.165, 1.54) is 11.8 Å². The van der Waals surface area contributed by atoms with Crippen LogP contribution < -0.4 is 20.7 Å². The van der Waals surface area contributed by atoms with Crippen LogP contribution >= 0.6 is 11.8 Å². The number of carbonyl (C=O) groups is 3. The molecule has 182 valence electrons. The Labute approximate surface area is 206 Å². The highest BCUT2D eigenvalue weighted by molar-refractivity contribution is 7.99. The summed E-state index contributed by atoms with van der Waals surface area (Å²) < 4.78 is 7.08. The van der Waals surface area contributed by atoms with Crippen molar-refractivity contribution in [3.63, 3.8) is 0 Å². The quantitative estimate of drug-likeness (QED) is 0.411. The summed E-state index contributed by atoms with van der Waals surface area (Å²) in [6.45, 7) is 3.96. The lowest BCUT2D eigenvalue weighted by Gasteiger charge is -2.23. The first kappa shape index (κ1) is 24.3. The molecule has 1 atom stereocenters. The van der Waals surface area contributed by atoms with Crippen molar-refractivity contribution in [2.24, 2.45) is 0 Å². The summed E-state index contributed by atoms with van der Waals surface area (Å²) in [7, 11) is 1.59. The molecule has 4 amide bonds. The number of ether oxygens (including phenoxy) is 1. The molecule has 4 rings (SSSR count). The van der Waals surface area contributed by atoms with Crippen molar-refractivity contribution >= 4 is 35.3 Å². The average Bonchev–Trinajstić information content (AvgIpc) is 3.22. The van der Waals surface area contributed by atoms with Crippen LogP contribution in [0.5, 0.6) is 5.75 Å². The van der Waals surface area contributed by atoms with Gasteiger partial charge in [-0.3, -0.25) is 19.5 Å². The second-order valence-corrected chi connectivity index (χ2v) is 9.09. The SMILES string of the molecule is COc1ccc(-n2c(CC3CC(=O)NC(=O)N3)nnc2SCC(=O)Nc2cccc(C)c2C)cc1. The molecular weight excluding hydrogens is 468 g/mol. The van der Waals surface area contributed by atoms with E-state index in [2.05, 4.69) is 26.1 Å². The Hall–Kier alpha value is -3.86. The molecule has 0 radical (unpaired) electrons. The van der Waals surface area contributed by atoms with Gasteiger partial charge in [0.2, 0.25) is 11.8 Å². The zero-order valence-corrected chi connectivity index (χ0v) is 20.4. The number of hydrogen-bond acceptors (Lipinski definition) is 7. The number of rotatable bonds is 8. The molecule has 1 fully saturated rings. The molecule has 1 unspecified atom stereocenters. The lowest BCUT2D eigenvalue weighted by atomic mass is 10.1. The van der Waals surface area contributed by atoms with E-state index in [0.29, 0.717) is 23.2 Å². The molecule has 1 aliphatic rings. The van der Waals surface area contributed by atoms with Gasteiger partial charge in [-0.25, -0.2) is 4.79 Å². The van der Waals surface area contributed by atoms with Gasteiger partial charge in [-0.2, -0.15) is 0 Å². The highest BCUT2D eigenvalue weighted by Crippen LogP contribution is 2.26. The van der Waals surface area contributed by atoms with Crippen LogP contribution in [-0.2, 0) is 16.0 Å². The number of urea groups is 1. The van der Waals surface area contributed by atoms with Crippen LogP contribution in [0, 0.1) is 13.8 Å². The van der Waals surface area contributed by atoms with Crippen LogP contribution in [0.25, 0.3) is 5.69 Å². The molecule has 1 aromatic heterocycles. The normalized spacial score (nSPS) is 15.3. The van der Waals surface area contributed by atoms with E-state index in [1.54, 1.807) is 7.11 Å². The van der Waals surface area contributed by atoms with Crippen LogP contribution in [0.3, 0.4) is 0 Å². The molecule has 11 heteroatoms. The number of amides is 4. The van der Waals surface area contributed by atoms with Crippen LogP contribution in [0.1, 0.15) is 23.4 Å². The average molecular weight is 495 g/mol. The standard InChI is InChI=1S/C24H26N6O4S/c1-14-5-4-6-19(15(14)2)26-22(32)13-35-24-29-28-20(11-16-12-21(31)27-23(33)25-16)30(24)17-7-9-18(34-3)10-8-17/h4-10,16H,11-13H2,1-3H3,(H,26,32)(H2,25,27,31,33). The molecule has 1 aliphatic heterocycles. The van der Waals surface area contributed by atoms with Gasteiger partial charge in [-0.1, -0.05) is 23.9 Å². The minimum absolute atomic E-state index is 0.129. The number of aromatic nitrogens is 3. The largest absolute Gasteiger partial charge is 0.497 e. The van der Waals surface area contributed by atoms with Gasteiger partial charge in [0.25, 0.3) is 0 Å². The lowest BCUT2D eigenvalue weighted by molar-refractivity contribution is -0.121. The number of carbonyl (C=O) groups excluding carboxylic acids is 3. The number of hydrogen-bond donors (Lipinski definition) is 3. The first-order valence-electron chi connectivity index (χ1n) is 11.0. The van der Waals surface area contributed by atoms with Gasteiger partial charge in [0.1, 0.15) is 11.6 Å². The maximum atomic E-state index is 12.7. The summed E-state index contributed by atoms with van der Waals surface area (Å²) in [5, 5.41) is 17.1. The molecule has 35 heavy (non-hydrogen) atoms. The fourth-order valence-electron chi connectivity index (χ4n) is 3.74. The van der Waals surface area contributed by atoms with E-state index in [0.717, 1.165) is 22.5 Å². The van der Waals surface area contributed by atoms with Crippen molar-refractivity contribution in [2.75, 3.05) is 18.2 Å². The lowest BCUT2D eigenvalue weighted by Crippen LogP contribution is -2.53. The van der Waals surface area contributed by atoms with E-state index in [9.17, 15) is 14.4 Å². The number of anilines is 1. The van der Waals surface area contributed by atoms with Gasteiger partial charge < -0.3 is 15.4 Å². The van der Waals surface area contributed by atoms with Crippen molar-refractivity contribution in [3.05, 3.63) is 59.4 Å². The summed E-state index contributed by atoms with van der Waals surface area (Å²) in [6, 6.07) is 12.2. The van der Waals surface area contributed by atoms with Gasteiger partial charge in [-0.05, 0) is 55.3 Å². The topological polar surface area (TPSA) is 127 Å². The first-order chi connectivity index (χ1) is 16.8. The van der Waals surface area contributed by atoms with Crippen molar-refractivity contribution in [1.82, 2.24) is 25.4 Å². The number of aryl methyl sites for hydroxylation is 1. The van der Waals surface area contributed by atoms with Gasteiger partial charge in [0.05, 0.1) is 12.9 Å². The highest BCUT2D eigenvalue weighted by atomic mass is 32.2. The molecule has 2 aromatic carbocycles. The zero-order valence-electron chi connectivity index (χ0n) is 19.6. The Bertz CT molecular complexity index is 1240. The summed E-state index contributed by atoms with van der Waals surface area (Å²) in [5.74, 6) is 0.886. The van der Waals surface area contributed by atoms with Crippen molar-refractivity contribution < 1.29 is 19.1 Å². The minimum atomic E-state index is -0.528. The minimum Gasteiger partial charge on any atom is -0.497 e. The Morgan fingerprint density at radius 1 is 1.17 bits per heavy atom. The zero-order chi connectivity index (χ0) is 24.9. The number of nitrogens with zero attached hydrogens (tertiary/aromatic N) is 3. The first-order valence-corrected chi connectivity index (χ1v) is 12.0. The van der Waals surface area contributed by atoms with Crippen LogP contribution in [0.2, 0.25) is 0 Å². The number of nitrogens with one attached hydrogen (secondary N) is 3. The number of methoxy groups -OCH3 is 1. The van der Waals surface area contributed by atoms with Crippen molar-refractivity contribution in [2.45, 2.75) is 37.9 Å². The Morgan fingerprint density at radius 3 is 2.66 bits per heavy atom. The summed E-state index contributed by atoms with van der Waals surface area (Å²) >= 11 is 1.25. The molecule has 2 heterocycles. The van der Waals surface area contributed by atoms with E-state index in [4.69, 9.17) is 4.74 Å². The summed E-state index contributed by atoms with van der Waals surface area (Å²) in [6.07, 6.45) is 0.440. The Morgan fingerprint density at radius 2 is 1.94 bits per heavy atom. The van der Waals surface area contributed by atoms with Gasteiger partial charge in [-0.15, -0.1) is 10.2 Å². The Balaban J connectivity index is 1.55. The molecule has 0 aliphatic carbocycles. The van der Waals surface area contributed by atoms with E-state index in [-0.39, 0.29) is 24.0 Å². The number of thioether (sulfide) groups is 1. The summed E-state index contributed by atoms with van der Waals surface area (Å²) in [4.78, 5) is 36.2. The maximum absolute atomic E-state index is 12.7. The highest BCUT2D eigenvalue weighted by Gasteiger charge is 2.27. The third-order valence-electron chi connectivity index (χ3n) is 5.69. The summed E-state index contributed by atoms with van der Waals surface area (Å²) in [5.41, 5.74) is 3.67. The van der Waals surface area contributed by atoms with Crippen LogP contribution in [0.15, 0.2) is 47.6 Å². The third-order valence-corrected chi connectivity index (χ3v) is 6.62. The van der Waals surface area contributed by atoms with Crippen LogP contribution in [0.4, 0.5) is 10.5 Å². The van der Waals surface area contributed by atoms with E-state index >= 15 is 0 Å². The molecule has 3 N–H and O–H groups in total. The van der Waals surface area contributed by atoms with Crippen molar-refractivity contribution in [1.29, 1.82) is 0 Å². The molecular formula is C24H26N6O4S. The number of benzene rings is 2. The van der Waals surface area contributed by atoms with E-state index < -0.39 is 12.1 Å². The van der Waals surface area contributed by atoms with Crippen LogP contribution in [-0.4, -0.2) is 51.5 Å². The second kappa shape index (κ2) is 10.6. The molecule has 1 saturated heterocycles. The van der Waals surface area contributed by atoms with Crippen molar-refractivity contribution in [3.8, 4) is 11.4 Å². The third kappa shape index (κ3) is 5.80. The second-order valence-electron chi connectivity index (χ2n) is 8.14. The van der Waals surface area contributed by atoms with E-state index in [1.807, 2.05) is 60.9 Å². The molecule has 0 spiro atoms. The molecule has 0 bridgehead atoms. The fraction of sp³-hybridized carbons (Fsp3) is 0.292. The Kier molecular flexibility index (Phi) is 7.35.